The van der Waals surface area contributed by atoms with Crippen LogP contribution in [0.4, 0.5) is 0 Å². The van der Waals surface area contributed by atoms with Crippen molar-refractivity contribution < 1.29 is 9.53 Å². The van der Waals surface area contributed by atoms with Crippen LogP contribution >= 0.6 is 0 Å². The van der Waals surface area contributed by atoms with E-state index in [9.17, 15) is 4.79 Å². The fourth-order valence-electron chi connectivity index (χ4n) is 2.18. The Bertz CT molecular complexity index is 273. The van der Waals surface area contributed by atoms with Crippen LogP contribution in [0.25, 0.3) is 0 Å². The van der Waals surface area contributed by atoms with E-state index in [2.05, 4.69) is 26.1 Å². The third-order valence-corrected chi connectivity index (χ3v) is 3.12. The Hall–Kier alpha value is -0.570. The monoisotopic (exact) mass is 241 g/mol. The van der Waals surface area contributed by atoms with E-state index in [0.717, 1.165) is 19.3 Å². The average Bonchev–Trinajstić information content (AvgIpc) is 2.14. The number of nitrogens with one attached hydrogen (secondary N) is 1. The second-order valence-corrected chi connectivity index (χ2v) is 7.10. The molecule has 100 valence electrons. The van der Waals surface area contributed by atoms with Gasteiger partial charge in [0.25, 0.3) is 0 Å². The number of carbonyl (C=O) groups is 1. The van der Waals surface area contributed by atoms with Crippen molar-refractivity contribution in [2.24, 2.45) is 5.41 Å². The van der Waals surface area contributed by atoms with Gasteiger partial charge in [0.2, 0.25) is 0 Å². The first-order chi connectivity index (χ1) is 7.59. The molecule has 0 aromatic heterocycles. The highest BCUT2D eigenvalue weighted by molar-refractivity contribution is 5.76. The van der Waals surface area contributed by atoms with E-state index in [1.54, 1.807) is 0 Å². The summed E-state index contributed by atoms with van der Waals surface area (Å²) >= 11 is 0. The number of hydrogen-bond acceptors (Lipinski definition) is 3. The molecule has 0 bridgehead atoms. The Kier molecular flexibility index (Phi) is 4.23. The van der Waals surface area contributed by atoms with Crippen molar-refractivity contribution in [3.05, 3.63) is 0 Å². The zero-order valence-corrected chi connectivity index (χ0v) is 12.1. The lowest BCUT2D eigenvalue weighted by atomic mass is 9.80. The molecule has 0 amide bonds. The molecule has 0 aliphatic carbocycles. The van der Waals surface area contributed by atoms with Gasteiger partial charge < -0.3 is 10.1 Å². The van der Waals surface area contributed by atoms with Crippen molar-refractivity contribution >= 4 is 5.97 Å². The summed E-state index contributed by atoms with van der Waals surface area (Å²) in [5.41, 5.74) is -0.200. The summed E-state index contributed by atoms with van der Waals surface area (Å²) in [6.07, 6.45) is 3.13. The second-order valence-electron chi connectivity index (χ2n) is 7.10. The summed E-state index contributed by atoms with van der Waals surface area (Å²) in [7, 11) is 0. The van der Waals surface area contributed by atoms with Crippen molar-refractivity contribution in [2.45, 2.75) is 78.5 Å². The van der Waals surface area contributed by atoms with Crippen LogP contribution < -0.4 is 5.32 Å². The molecule has 0 aromatic carbocycles. The molecule has 1 fully saturated rings. The molecule has 0 spiro atoms. The minimum Gasteiger partial charge on any atom is -0.459 e. The standard InChI is InChI=1S/C14H27NO2/c1-13(2,3)11-9-7-8-10(15-11)12(16)17-14(4,5)6/h10-11,15H,7-9H2,1-6H3/t10-,11+/m0/s1. The maximum atomic E-state index is 12.0. The maximum absolute atomic E-state index is 12.0. The number of hydrogen-bond donors (Lipinski definition) is 1. The molecule has 1 rings (SSSR count). The molecule has 0 aromatic rings. The van der Waals surface area contributed by atoms with Crippen molar-refractivity contribution in [3.63, 3.8) is 0 Å². The predicted molar refractivity (Wildman–Crippen MR) is 69.9 cm³/mol. The number of ether oxygens (including phenoxy) is 1. The molecule has 0 saturated carbocycles. The van der Waals surface area contributed by atoms with Crippen LogP contribution in [0.5, 0.6) is 0 Å². The molecular weight excluding hydrogens is 214 g/mol. The molecular formula is C14H27NO2. The smallest absolute Gasteiger partial charge is 0.323 e. The van der Waals surface area contributed by atoms with Gasteiger partial charge in [-0.05, 0) is 45.4 Å². The summed E-state index contributed by atoms with van der Waals surface area (Å²) in [5.74, 6) is -0.105. The van der Waals surface area contributed by atoms with E-state index in [1.165, 1.54) is 0 Å². The van der Waals surface area contributed by atoms with E-state index in [4.69, 9.17) is 4.74 Å². The van der Waals surface area contributed by atoms with E-state index in [1.807, 2.05) is 20.8 Å². The molecule has 0 radical (unpaired) electrons. The van der Waals surface area contributed by atoms with Crippen molar-refractivity contribution in [1.82, 2.24) is 5.32 Å². The molecule has 1 aliphatic rings. The minimum atomic E-state index is -0.395. The van der Waals surface area contributed by atoms with Gasteiger partial charge in [0.05, 0.1) is 0 Å². The van der Waals surface area contributed by atoms with E-state index in [0.29, 0.717) is 6.04 Å². The fourth-order valence-corrected chi connectivity index (χ4v) is 2.18. The number of esters is 1. The molecule has 3 heteroatoms. The Morgan fingerprint density at radius 1 is 1.12 bits per heavy atom. The van der Waals surface area contributed by atoms with E-state index in [-0.39, 0.29) is 17.4 Å². The minimum absolute atomic E-state index is 0.105. The van der Waals surface area contributed by atoms with Gasteiger partial charge >= 0.3 is 5.97 Å². The number of rotatable bonds is 1. The maximum Gasteiger partial charge on any atom is 0.323 e. The third kappa shape index (κ3) is 4.66. The molecule has 1 saturated heterocycles. The van der Waals surface area contributed by atoms with Gasteiger partial charge in [-0.1, -0.05) is 20.8 Å². The lowest BCUT2D eigenvalue weighted by Gasteiger charge is -2.38. The van der Waals surface area contributed by atoms with E-state index < -0.39 is 5.60 Å². The Labute approximate surface area is 105 Å². The average molecular weight is 241 g/mol. The topological polar surface area (TPSA) is 38.3 Å². The zero-order valence-electron chi connectivity index (χ0n) is 12.1. The first-order valence-electron chi connectivity index (χ1n) is 6.58. The van der Waals surface area contributed by atoms with Crippen LogP contribution in [0, 0.1) is 5.41 Å². The quantitative estimate of drug-likeness (QED) is 0.717. The van der Waals surface area contributed by atoms with Gasteiger partial charge in [-0.15, -0.1) is 0 Å². The van der Waals surface area contributed by atoms with E-state index >= 15 is 0 Å². The molecule has 1 aliphatic heterocycles. The van der Waals surface area contributed by atoms with Gasteiger partial charge in [-0.2, -0.15) is 0 Å². The molecule has 0 unspecified atom stereocenters. The van der Waals surface area contributed by atoms with Crippen LogP contribution in [0.15, 0.2) is 0 Å². The lowest BCUT2D eigenvalue weighted by Crippen LogP contribution is -2.53. The van der Waals surface area contributed by atoms with Crippen LogP contribution in [0.1, 0.15) is 60.8 Å². The highest BCUT2D eigenvalue weighted by atomic mass is 16.6. The van der Waals surface area contributed by atoms with Crippen molar-refractivity contribution in [2.75, 3.05) is 0 Å². The van der Waals surface area contributed by atoms with Gasteiger partial charge in [-0.25, -0.2) is 0 Å². The van der Waals surface area contributed by atoms with Gasteiger partial charge in [-0.3, -0.25) is 4.79 Å². The van der Waals surface area contributed by atoms with Crippen LogP contribution in [0.2, 0.25) is 0 Å². The molecule has 2 atom stereocenters. The van der Waals surface area contributed by atoms with Crippen molar-refractivity contribution in [3.8, 4) is 0 Å². The largest absolute Gasteiger partial charge is 0.459 e. The first kappa shape index (κ1) is 14.5. The number of piperidine rings is 1. The Morgan fingerprint density at radius 2 is 1.71 bits per heavy atom. The summed E-state index contributed by atoms with van der Waals surface area (Å²) in [4.78, 5) is 12.0. The zero-order chi connectivity index (χ0) is 13.3. The number of carbonyl (C=O) groups excluding carboxylic acids is 1. The van der Waals surface area contributed by atoms with Crippen LogP contribution in [0.3, 0.4) is 0 Å². The SMILES string of the molecule is CC(C)(C)OC(=O)[C@@H]1CCC[C@H](C(C)(C)C)N1. The summed E-state index contributed by atoms with van der Waals surface area (Å²) in [6, 6.07) is 0.265. The lowest BCUT2D eigenvalue weighted by molar-refractivity contribution is -0.158. The second kappa shape index (κ2) is 4.97. The summed E-state index contributed by atoms with van der Waals surface area (Å²) in [5, 5.41) is 3.44. The summed E-state index contributed by atoms with van der Waals surface area (Å²) < 4.78 is 5.44. The predicted octanol–water partition coefficient (Wildman–Crippen LogP) is 2.88. The van der Waals surface area contributed by atoms with Crippen LogP contribution in [-0.2, 0) is 9.53 Å². The van der Waals surface area contributed by atoms with Gasteiger partial charge in [0.1, 0.15) is 11.6 Å². The Balaban J connectivity index is 2.58. The molecule has 1 N–H and O–H groups in total. The summed E-state index contributed by atoms with van der Waals surface area (Å²) in [6.45, 7) is 12.4. The highest BCUT2D eigenvalue weighted by Crippen LogP contribution is 2.28. The fraction of sp³-hybridized carbons (Fsp3) is 0.929. The normalized spacial score (nSPS) is 26.7. The van der Waals surface area contributed by atoms with Crippen LogP contribution in [-0.4, -0.2) is 23.7 Å². The molecule has 17 heavy (non-hydrogen) atoms. The van der Waals surface area contributed by atoms with Gasteiger partial charge in [0, 0.05) is 6.04 Å². The van der Waals surface area contributed by atoms with Gasteiger partial charge in [0.15, 0.2) is 0 Å². The molecule has 1 heterocycles. The van der Waals surface area contributed by atoms with Crippen molar-refractivity contribution in [1.29, 1.82) is 0 Å². The Morgan fingerprint density at radius 3 is 2.18 bits per heavy atom. The third-order valence-electron chi connectivity index (χ3n) is 3.12. The first-order valence-corrected chi connectivity index (χ1v) is 6.58. The molecule has 3 nitrogen and oxygen atoms in total. The highest BCUT2D eigenvalue weighted by Gasteiger charge is 2.34.